The lowest BCUT2D eigenvalue weighted by Crippen LogP contribution is -2.27. The van der Waals surface area contributed by atoms with E-state index in [2.05, 4.69) is 16.0 Å². The fraction of sp³-hybridized carbons (Fsp3) is 0.412. The highest BCUT2D eigenvalue weighted by Gasteiger charge is 2.17. The predicted octanol–water partition coefficient (Wildman–Crippen LogP) is 1.81. The van der Waals surface area contributed by atoms with Crippen molar-refractivity contribution in [1.29, 1.82) is 0 Å². The molecule has 0 fully saturated rings. The zero-order chi connectivity index (χ0) is 20.6. The van der Waals surface area contributed by atoms with Crippen molar-refractivity contribution in [2.45, 2.75) is 12.6 Å². The predicted molar refractivity (Wildman–Crippen MR) is 106 cm³/mol. The van der Waals surface area contributed by atoms with E-state index in [0.717, 1.165) is 27.2 Å². The van der Waals surface area contributed by atoms with Gasteiger partial charge in [0.1, 0.15) is 0 Å². The lowest BCUT2D eigenvalue weighted by molar-refractivity contribution is -0.119. The van der Waals surface area contributed by atoms with Crippen molar-refractivity contribution in [3.8, 4) is 0 Å². The van der Waals surface area contributed by atoms with Gasteiger partial charge < -0.3 is 21.7 Å². The molecule has 5 N–H and O–H groups in total. The number of alkyl halides is 2. The lowest BCUT2D eigenvalue weighted by Gasteiger charge is -2.15. The minimum Gasteiger partial charge on any atom is -0.395 e. The average molecular weight is 390 g/mol. The summed E-state index contributed by atoms with van der Waals surface area (Å²) in [5.74, 6) is 0.227. The molecule has 0 spiro atoms. The minimum atomic E-state index is -3.22. The van der Waals surface area contributed by atoms with Gasteiger partial charge in [0.05, 0.1) is 5.70 Å². The van der Waals surface area contributed by atoms with Crippen LogP contribution in [0.3, 0.4) is 0 Å². The van der Waals surface area contributed by atoms with Gasteiger partial charge in [-0.25, -0.2) is 0 Å². The third-order valence-corrected chi connectivity index (χ3v) is 3.07. The van der Waals surface area contributed by atoms with Gasteiger partial charge in [-0.05, 0) is 19.2 Å². The Balaban J connectivity index is 0. The van der Waals surface area contributed by atoms with Crippen molar-refractivity contribution in [2.75, 3.05) is 33.0 Å². The van der Waals surface area contributed by atoms with Gasteiger partial charge in [-0.3, -0.25) is 9.59 Å². The van der Waals surface area contributed by atoms with Gasteiger partial charge in [-0.2, -0.15) is 8.78 Å². The summed E-state index contributed by atoms with van der Waals surface area (Å²) < 4.78 is 22.1. The average Bonchev–Trinajstić information content (AvgIpc) is 2.63. The largest absolute Gasteiger partial charge is 0.395 e. The van der Waals surface area contributed by atoms with Gasteiger partial charge in [-0.15, -0.1) is 0 Å². The molecule has 0 aliphatic rings. The molecule has 0 saturated heterocycles. The number of aldehydes is 2. The molecule has 0 radical (unpaired) electrons. The Labute approximate surface area is 156 Å². The molecule has 26 heavy (non-hydrogen) atoms. The highest BCUT2D eigenvalue weighted by molar-refractivity contribution is 7.19. The molecule has 2 atom stereocenters. The highest BCUT2D eigenvalue weighted by Crippen LogP contribution is 2.16. The van der Waals surface area contributed by atoms with Crippen LogP contribution in [0.4, 0.5) is 14.5 Å². The van der Waals surface area contributed by atoms with Gasteiger partial charge >= 0.3 is 5.66 Å². The fourth-order valence-corrected chi connectivity index (χ4v) is 1.75. The number of benzene rings is 1. The topological polar surface area (TPSA) is 96.2 Å². The van der Waals surface area contributed by atoms with E-state index in [4.69, 9.17) is 10.5 Å². The molecule has 0 aromatic heterocycles. The maximum Gasteiger partial charge on any atom is 0.312 e. The third kappa shape index (κ3) is 14.3. The second-order valence-corrected chi connectivity index (χ2v) is 5.87. The summed E-state index contributed by atoms with van der Waals surface area (Å²) in [6.45, 7) is 2.80. The lowest BCUT2D eigenvalue weighted by atomic mass is 10.1. The van der Waals surface area contributed by atoms with Crippen molar-refractivity contribution in [3.05, 3.63) is 41.7 Å². The Morgan fingerprint density at radius 3 is 2.00 bits per heavy atom. The van der Waals surface area contributed by atoms with Gasteiger partial charge in [0, 0.05) is 37.9 Å². The zero-order valence-corrected chi connectivity index (χ0v) is 16.7. The van der Waals surface area contributed by atoms with Crippen LogP contribution in [0.1, 0.15) is 6.92 Å². The summed E-state index contributed by atoms with van der Waals surface area (Å²) in [4.78, 5) is 19.4. The van der Waals surface area contributed by atoms with E-state index in [-0.39, 0.29) is 11.6 Å². The van der Waals surface area contributed by atoms with Gasteiger partial charge in [0.25, 0.3) is 0 Å². The molecular formula is C17H29F2N4O2P. The standard InChI is InChI=1S/C8H17N3O.C7H9N.C2H3F2OP/c1-6(4-10-2)8(11-3)7(9)5-12;1-8-7-5-3-2-4-6-7;3-2(4,6)1-5/h5-6,10-11H,4,9H2,1-3H3;2-6,8H,1H3;1H,6H2/b8-7+;;. The van der Waals surface area contributed by atoms with E-state index in [1.807, 2.05) is 51.4 Å². The van der Waals surface area contributed by atoms with Crippen molar-refractivity contribution < 1.29 is 18.4 Å². The normalized spacial score (nSPS) is 12.1. The molecule has 0 amide bonds. The molecule has 0 heterocycles. The molecule has 0 saturated carbocycles. The van der Waals surface area contributed by atoms with Crippen molar-refractivity contribution in [2.24, 2.45) is 11.7 Å². The number of nitrogens with one attached hydrogen (secondary N) is 3. The number of carbonyl (C=O) groups is 2. The summed E-state index contributed by atoms with van der Waals surface area (Å²) in [5, 5.41) is 8.96. The van der Waals surface area contributed by atoms with Crippen molar-refractivity contribution in [3.63, 3.8) is 0 Å². The van der Waals surface area contributed by atoms with E-state index in [1.165, 1.54) is 0 Å². The van der Waals surface area contributed by atoms with Crippen LogP contribution in [0.5, 0.6) is 0 Å². The van der Waals surface area contributed by atoms with Crippen LogP contribution in [0.15, 0.2) is 41.7 Å². The first-order valence-corrected chi connectivity index (χ1v) is 8.37. The number of carbonyl (C=O) groups excluding carboxylic acids is 2. The molecule has 0 aliphatic heterocycles. The second-order valence-electron chi connectivity index (χ2n) is 5.10. The highest BCUT2D eigenvalue weighted by atomic mass is 31.0. The smallest absolute Gasteiger partial charge is 0.312 e. The summed E-state index contributed by atoms with van der Waals surface area (Å²) >= 11 is 0. The molecule has 1 rings (SSSR count). The Morgan fingerprint density at radius 2 is 1.73 bits per heavy atom. The van der Waals surface area contributed by atoms with E-state index >= 15 is 0 Å². The number of hydrogen-bond acceptors (Lipinski definition) is 6. The van der Waals surface area contributed by atoms with E-state index in [0.29, 0.717) is 6.29 Å². The fourth-order valence-electron chi connectivity index (χ4n) is 1.75. The first-order valence-electron chi connectivity index (χ1n) is 7.79. The molecule has 148 valence electrons. The number of anilines is 1. The number of para-hydroxylation sites is 1. The monoisotopic (exact) mass is 390 g/mol. The van der Waals surface area contributed by atoms with Crippen LogP contribution < -0.4 is 21.7 Å². The summed E-state index contributed by atoms with van der Waals surface area (Å²) in [5.41, 5.74) is 4.49. The molecule has 1 aromatic rings. The molecule has 1 aromatic carbocycles. The van der Waals surface area contributed by atoms with E-state index in [9.17, 15) is 13.6 Å². The van der Waals surface area contributed by atoms with Crippen LogP contribution in [0.25, 0.3) is 0 Å². The van der Waals surface area contributed by atoms with Crippen LogP contribution in [-0.2, 0) is 9.59 Å². The van der Waals surface area contributed by atoms with Crippen molar-refractivity contribution in [1.82, 2.24) is 10.6 Å². The first-order chi connectivity index (χ1) is 12.2. The van der Waals surface area contributed by atoms with Crippen LogP contribution >= 0.6 is 9.24 Å². The molecular weight excluding hydrogens is 361 g/mol. The zero-order valence-electron chi connectivity index (χ0n) is 15.6. The Kier molecular flexibility index (Phi) is 15.3. The number of hydrogen-bond donors (Lipinski definition) is 4. The number of rotatable bonds is 7. The van der Waals surface area contributed by atoms with E-state index in [1.54, 1.807) is 7.05 Å². The van der Waals surface area contributed by atoms with Crippen LogP contribution in [0.2, 0.25) is 0 Å². The quantitative estimate of drug-likeness (QED) is 0.322. The summed E-state index contributed by atoms with van der Waals surface area (Å²) in [6.07, 6.45) is 0.232. The van der Waals surface area contributed by atoms with E-state index < -0.39 is 11.9 Å². The van der Waals surface area contributed by atoms with Gasteiger partial charge in [0.2, 0.25) is 0 Å². The molecule has 2 unspecified atom stereocenters. The van der Waals surface area contributed by atoms with Gasteiger partial charge in [0.15, 0.2) is 12.6 Å². The van der Waals surface area contributed by atoms with Crippen LogP contribution in [0, 0.1) is 5.92 Å². The Hall–Kier alpha value is -2.05. The van der Waals surface area contributed by atoms with Crippen molar-refractivity contribution >= 4 is 27.5 Å². The molecule has 9 heteroatoms. The Morgan fingerprint density at radius 1 is 1.23 bits per heavy atom. The minimum absolute atomic E-state index is 0.227. The maximum absolute atomic E-state index is 11.0. The first kappa shape index (κ1) is 26.2. The van der Waals surface area contributed by atoms with Crippen LogP contribution in [-0.4, -0.2) is 45.9 Å². The number of allylic oxidation sites excluding steroid dienone is 1. The SMILES string of the molecule is CNCC(C)/C(NC)=C(\N)C=O.CNc1ccccc1.O=CC(F)(F)P. The molecule has 0 bridgehead atoms. The second kappa shape index (κ2) is 15.2. The Bertz CT molecular complexity index is 537. The third-order valence-electron chi connectivity index (χ3n) is 2.93. The van der Waals surface area contributed by atoms with Gasteiger partial charge in [-0.1, -0.05) is 34.4 Å². The molecule has 6 nitrogen and oxygen atoms in total. The summed E-state index contributed by atoms with van der Waals surface area (Å²) in [6, 6.07) is 10.1. The maximum atomic E-state index is 11.0. The molecule has 0 aliphatic carbocycles. The summed E-state index contributed by atoms with van der Waals surface area (Å²) in [7, 11) is 6.63. The number of halogens is 2. The number of nitrogens with two attached hydrogens (primary N) is 1.